The summed E-state index contributed by atoms with van der Waals surface area (Å²) in [6.07, 6.45) is 0. The number of benzene rings is 8. The maximum atomic E-state index is 5.38. The van der Waals surface area contributed by atoms with Gasteiger partial charge in [-0.15, -0.1) is 11.3 Å². The van der Waals surface area contributed by atoms with Gasteiger partial charge in [0, 0.05) is 36.9 Å². The molecule has 2 heterocycles. The molecule has 0 fully saturated rings. The number of hydrogen-bond donors (Lipinski definition) is 0. The summed E-state index contributed by atoms with van der Waals surface area (Å²) >= 11 is 1.85. The minimum Gasteiger partial charge on any atom is -0.228 e. The zero-order valence-corrected chi connectivity index (χ0v) is 27.3. The molecule has 0 N–H and O–H groups in total. The summed E-state index contributed by atoms with van der Waals surface area (Å²) in [6.45, 7) is 0. The van der Waals surface area contributed by atoms with Crippen LogP contribution in [0.1, 0.15) is 0 Å². The quantitative estimate of drug-likeness (QED) is 0.141. The van der Waals surface area contributed by atoms with Gasteiger partial charge in [-0.1, -0.05) is 146 Å². The molecule has 2 aromatic heterocycles. The van der Waals surface area contributed by atoms with Gasteiger partial charge in [0.1, 0.15) is 0 Å². The van der Waals surface area contributed by atoms with E-state index in [1.807, 2.05) is 17.4 Å². The predicted octanol–water partition coefficient (Wildman–Crippen LogP) is 13.0. The fourth-order valence-electron chi connectivity index (χ4n) is 7.48. The topological polar surface area (TPSA) is 25.8 Å². The molecule has 0 spiro atoms. The van der Waals surface area contributed by atoms with Crippen LogP contribution in [0.3, 0.4) is 0 Å². The van der Waals surface area contributed by atoms with Gasteiger partial charge in [0.25, 0.3) is 0 Å². The molecule has 0 aliphatic carbocycles. The zero-order valence-electron chi connectivity index (χ0n) is 26.5. The van der Waals surface area contributed by atoms with Gasteiger partial charge < -0.3 is 0 Å². The first-order chi connectivity index (χ1) is 24.3. The molecule has 2 nitrogen and oxygen atoms in total. The normalized spacial score (nSPS) is 11.7. The highest BCUT2D eigenvalue weighted by Gasteiger charge is 2.20. The summed E-state index contributed by atoms with van der Waals surface area (Å²) < 4.78 is 2.59. The summed E-state index contributed by atoms with van der Waals surface area (Å²) in [5.41, 5.74) is 7.40. The third-order valence-electron chi connectivity index (χ3n) is 9.66. The first-order valence-electron chi connectivity index (χ1n) is 16.6. The molecule has 0 radical (unpaired) electrons. The number of rotatable bonds is 4. The Morgan fingerprint density at radius 2 is 1.00 bits per heavy atom. The van der Waals surface area contributed by atoms with Crippen molar-refractivity contribution in [1.82, 2.24) is 9.97 Å². The van der Waals surface area contributed by atoms with E-state index in [9.17, 15) is 0 Å². The molecule has 10 rings (SSSR count). The van der Waals surface area contributed by atoms with E-state index in [1.54, 1.807) is 0 Å². The first kappa shape index (κ1) is 27.9. The maximum absolute atomic E-state index is 5.38. The third-order valence-corrected chi connectivity index (χ3v) is 10.8. The molecule has 0 atom stereocenters. The second kappa shape index (κ2) is 11.2. The molecule has 0 aliphatic rings. The Hall–Kier alpha value is -6.16. The van der Waals surface area contributed by atoms with Crippen molar-refractivity contribution in [2.75, 3.05) is 0 Å². The van der Waals surface area contributed by atoms with Crippen molar-refractivity contribution in [2.24, 2.45) is 0 Å². The van der Waals surface area contributed by atoms with Crippen LogP contribution in [-0.4, -0.2) is 9.97 Å². The van der Waals surface area contributed by atoms with Crippen LogP contribution in [0.2, 0.25) is 0 Å². The van der Waals surface area contributed by atoms with E-state index in [-0.39, 0.29) is 0 Å². The molecular formula is C46H28N2S. The van der Waals surface area contributed by atoms with Crippen molar-refractivity contribution in [1.29, 1.82) is 0 Å². The maximum Gasteiger partial charge on any atom is 0.160 e. The lowest BCUT2D eigenvalue weighted by molar-refractivity contribution is 1.19. The average molecular weight is 641 g/mol. The van der Waals surface area contributed by atoms with E-state index in [4.69, 9.17) is 9.97 Å². The second-order valence-corrected chi connectivity index (χ2v) is 13.6. The average Bonchev–Trinajstić information content (AvgIpc) is 3.56. The Labute approximate surface area is 287 Å². The lowest BCUT2D eigenvalue weighted by atomic mass is 9.90. The van der Waals surface area contributed by atoms with Gasteiger partial charge in [0.15, 0.2) is 5.82 Å². The van der Waals surface area contributed by atoms with Crippen LogP contribution in [0.15, 0.2) is 170 Å². The van der Waals surface area contributed by atoms with Crippen LogP contribution in [0, 0.1) is 0 Å². The van der Waals surface area contributed by atoms with Crippen LogP contribution in [0.5, 0.6) is 0 Å². The Morgan fingerprint density at radius 1 is 0.367 bits per heavy atom. The molecule has 49 heavy (non-hydrogen) atoms. The van der Waals surface area contributed by atoms with Crippen LogP contribution in [0.25, 0.3) is 97.5 Å². The summed E-state index contributed by atoms with van der Waals surface area (Å²) in [4.78, 5) is 10.7. The van der Waals surface area contributed by atoms with Gasteiger partial charge >= 0.3 is 0 Å². The molecule has 0 unspecified atom stereocenters. The standard InChI is InChI=1S/C46H28N2S/c1-2-14-30(15-3-1)46-47-39(36-20-9-8-19-35(36)37-22-12-24-42-44(37)38-21-10-11-23-41(38)49-42)28-40(48-46)45-34-18-7-5-16-31(34)27-32-26-25-29-13-4-6-17-33(29)43(32)45/h1-28H. The van der Waals surface area contributed by atoms with E-state index in [1.165, 1.54) is 58.1 Å². The van der Waals surface area contributed by atoms with Crippen molar-refractivity contribution in [3.8, 4) is 45.0 Å². The summed E-state index contributed by atoms with van der Waals surface area (Å²) in [6, 6.07) is 60.8. The van der Waals surface area contributed by atoms with Crippen molar-refractivity contribution in [3.05, 3.63) is 170 Å². The van der Waals surface area contributed by atoms with E-state index in [0.717, 1.165) is 33.6 Å². The van der Waals surface area contributed by atoms with Gasteiger partial charge in [-0.2, -0.15) is 0 Å². The SMILES string of the molecule is c1ccc(-c2nc(-c3ccccc3-c3cccc4sc5ccccc5c34)cc(-c3c4ccccc4cc4ccc5ccccc5c34)n2)cc1. The van der Waals surface area contributed by atoms with Crippen LogP contribution in [0.4, 0.5) is 0 Å². The van der Waals surface area contributed by atoms with E-state index < -0.39 is 0 Å². The highest BCUT2D eigenvalue weighted by molar-refractivity contribution is 7.25. The van der Waals surface area contributed by atoms with Crippen LogP contribution < -0.4 is 0 Å². The molecular weight excluding hydrogens is 613 g/mol. The van der Waals surface area contributed by atoms with Crippen molar-refractivity contribution >= 4 is 63.8 Å². The van der Waals surface area contributed by atoms with Gasteiger partial charge in [-0.25, -0.2) is 9.97 Å². The lowest BCUT2D eigenvalue weighted by Gasteiger charge is -2.17. The molecule has 10 aromatic rings. The third kappa shape index (κ3) is 4.55. The number of hydrogen-bond acceptors (Lipinski definition) is 3. The summed E-state index contributed by atoms with van der Waals surface area (Å²) in [5, 5.41) is 9.79. The van der Waals surface area contributed by atoms with E-state index in [0.29, 0.717) is 5.82 Å². The number of thiophene rings is 1. The molecule has 3 heteroatoms. The van der Waals surface area contributed by atoms with Gasteiger partial charge in [0.2, 0.25) is 0 Å². The van der Waals surface area contributed by atoms with E-state index in [2.05, 4.69) is 164 Å². The lowest BCUT2D eigenvalue weighted by Crippen LogP contribution is -1.98. The second-order valence-electron chi connectivity index (χ2n) is 12.5. The fourth-order valence-corrected chi connectivity index (χ4v) is 8.61. The number of nitrogens with zero attached hydrogens (tertiary/aromatic N) is 2. The highest BCUT2D eigenvalue weighted by Crippen LogP contribution is 2.44. The first-order valence-corrected chi connectivity index (χ1v) is 17.4. The summed E-state index contributed by atoms with van der Waals surface area (Å²) in [7, 11) is 0. The molecule has 228 valence electrons. The summed E-state index contributed by atoms with van der Waals surface area (Å²) in [5.74, 6) is 0.711. The largest absolute Gasteiger partial charge is 0.228 e. The highest BCUT2D eigenvalue weighted by atomic mass is 32.1. The van der Waals surface area contributed by atoms with Crippen molar-refractivity contribution in [3.63, 3.8) is 0 Å². The minimum absolute atomic E-state index is 0.711. The number of fused-ring (bicyclic) bond motifs is 7. The Balaban J connectivity index is 1.31. The van der Waals surface area contributed by atoms with Gasteiger partial charge in [-0.05, 0) is 67.7 Å². The molecule has 0 saturated heterocycles. The van der Waals surface area contributed by atoms with Gasteiger partial charge in [-0.3, -0.25) is 0 Å². The Bertz CT molecular complexity index is 2890. The minimum atomic E-state index is 0.711. The van der Waals surface area contributed by atoms with Crippen LogP contribution in [-0.2, 0) is 0 Å². The fraction of sp³-hybridized carbons (Fsp3) is 0. The molecule has 8 aromatic carbocycles. The molecule has 0 aliphatic heterocycles. The zero-order chi connectivity index (χ0) is 32.3. The molecule has 0 amide bonds. The number of aromatic nitrogens is 2. The smallest absolute Gasteiger partial charge is 0.160 e. The Kier molecular flexibility index (Phi) is 6.39. The Morgan fingerprint density at radius 3 is 1.88 bits per heavy atom. The van der Waals surface area contributed by atoms with Gasteiger partial charge in [0.05, 0.1) is 11.4 Å². The monoisotopic (exact) mass is 640 g/mol. The van der Waals surface area contributed by atoms with Crippen LogP contribution >= 0.6 is 11.3 Å². The molecule has 0 bridgehead atoms. The van der Waals surface area contributed by atoms with Crippen molar-refractivity contribution in [2.45, 2.75) is 0 Å². The van der Waals surface area contributed by atoms with Crippen molar-refractivity contribution < 1.29 is 0 Å². The molecule has 0 saturated carbocycles. The predicted molar refractivity (Wildman–Crippen MR) is 209 cm³/mol. The van der Waals surface area contributed by atoms with E-state index >= 15 is 0 Å².